The second-order valence-electron chi connectivity index (χ2n) is 9.87. The van der Waals surface area contributed by atoms with Crippen LogP contribution in [-0.4, -0.2) is 68.2 Å². The smallest absolute Gasteiger partial charge is 0.305 e. The van der Waals surface area contributed by atoms with Gasteiger partial charge >= 0.3 is 5.97 Å². The molecule has 2 fully saturated rings. The summed E-state index contributed by atoms with van der Waals surface area (Å²) in [5.41, 5.74) is 4.73. The van der Waals surface area contributed by atoms with Gasteiger partial charge in [0.25, 0.3) is 0 Å². The highest BCUT2D eigenvalue weighted by Gasteiger charge is 2.35. The average Bonchev–Trinajstić information content (AvgIpc) is 2.85. The van der Waals surface area contributed by atoms with Crippen molar-refractivity contribution in [2.24, 2.45) is 5.92 Å². The number of carbonyl (C=O) groups excluding carboxylic acids is 1. The van der Waals surface area contributed by atoms with Gasteiger partial charge in [-0.3, -0.25) is 14.6 Å². The third-order valence-corrected chi connectivity index (χ3v) is 7.60. The topological polar surface area (TPSA) is 36.0 Å². The number of ether oxygens (including phenoxy) is 1. The van der Waals surface area contributed by atoms with Crippen LogP contribution in [0.5, 0.6) is 0 Å². The third-order valence-electron chi connectivity index (χ3n) is 7.60. The molecule has 0 saturated carbocycles. The van der Waals surface area contributed by atoms with Crippen molar-refractivity contribution in [1.29, 1.82) is 0 Å². The molecule has 0 unspecified atom stereocenters. The van der Waals surface area contributed by atoms with Gasteiger partial charge in [-0.15, -0.1) is 0 Å². The zero-order chi connectivity index (χ0) is 24.1. The van der Waals surface area contributed by atoms with Crippen LogP contribution in [0.3, 0.4) is 0 Å². The minimum atomic E-state index is -0.147. The molecule has 2 atom stereocenters. The van der Waals surface area contributed by atoms with Gasteiger partial charge in [0.05, 0.1) is 12.8 Å². The van der Waals surface area contributed by atoms with Crippen molar-refractivity contribution in [2.75, 3.05) is 51.3 Å². The van der Waals surface area contributed by atoms with Gasteiger partial charge in [0.15, 0.2) is 0 Å². The molecule has 0 bridgehead atoms. The van der Waals surface area contributed by atoms with Crippen LogP contribution in [0.1, 0.15) is 36.0 Å². The fourth-order valence-corrected chi connectivity index (χ4v) is 5.62. The lowest BCUT2D eigenvalue weighted by molar-refractivity contribution is -0.141. The first-order valence-corrected chi connectivity index (χ1v) is 12.5. The van der Waals surface area contributed by atoms with E-state index in [1.165, 1.54) is 29.9 Å². The first-order valence-electron chi connectivity index (χ1n) is 12.5. The second-order valence-corrected chi connectivity index (χ2v) is 9.87. The number of aryl methyl sites for hydroxylation is 2. The minimum absolute atomic E-state index is 0.130. The first-order chi connectivity index (χ1) is 16.4. The van der Waals surface area contributed by atoms with Crippen LogP contribution in [0.15, 0.2) is 42.5 Å². The Balaban J connectivity index is 1.41. The molecule has 2 aromatic rings. The third kappa shape index (κ3) is 5.97. The molecule has 184 valence electrons. The van der Waals surface area contributed by atoms with Crippen molar-refractivity contribution >= 4 is 11.7 Å². The summed E-state index contributed by atoms with van der Waals surface area (Å²) in [7, 11) is 1.47. The maximum Gasteiger partial charge on any atom is 0.305 e. The summed E-state index contributed by atoms with van der Waals surface area (Å²) in [4.78, 5) is 19.2. The Morgan fingerprint density at radius 3 is 2.56 bits per heavy atom. The Kier molecular flexibility index (Phi) is 8.22. The molecule has 0 N–H and O–H groups in total. The van der Waals surface area contributed by atoms with Crippen LogP contribution in [0.4, 0.5) is 10.1 Å². The van der Waals surface area contributed by atoms with Crippen molar-refractivity contribution in [3.63, 3.8) is 0 Å². The molecule has 2 aromatic carbocycles. The van der Waals surface area contributed by atoms with Crippen LogP contribution in [0, 0.1) is 25.6 Å². The number of carbonyl (C=O) groups is 1. The monoisotopic (exact) mass is 467 g/mol. The van der Waals surface area contributed by atoms with E-state index in [9.17, 15) is 9.18 Å². The van der Waals surface area contributed by atoms with E-state index in [0.717, 1.165) is 58.7 Å². The Morgan fingerprint density at radius 2 is 1.82 bits per heavy atom. The van der Waals surface area contributed by atoms with E-state index in [1.54, 1.807) is 6.07 Å². The predicted molar refractivity (Wildman–Crippen MR) is 135 cm³/mol. The molecule has 0 amide bonds. The Hall–Kier alpha value is -2.44. The molecule has 0 spiro atoms. The summed E-state index contributed by atoms with van der Waals surface area (Å²) in [6.07, 6.45) is 2.40. The van der Waals surface area contributed by atoms with Crippen molar-refractivity contribution in [3.8, 4) is 0 Å². The zero-order valence-electron chi connectivity index (χ0n) is 20.8. The molecule has 2 heterocycles. The summed E-state index contributed by atoms with van der Waals surface area (Å²) < 4.78 is 19.2. The normalized spacial score (nSPS) is 22.1. The average molecular weight is 468 g/mol. The van der Waals surface area contributed by atoms with E-state index in [2.05, 4.69) is 46.7 Å². The molecule has 6 heteroatoms. The molecule has 2 aliphatic rings. The molecule has 5 nitrogen and oxygen atoms in total. The van der Waals surface area contributed by atoms with Crippen LogP contribution in [0.2, 0.25) is 0 Å². The number of likely N-dealkylation sites (tertiary alicyclic amines) is 1. The minimum Gasteiger partial charge on any atom is -0.469 e. The molecule has 34 heavy (non-hydrogen) atoms. The maximum absolute atomic E-state index is 14.3. The van der Waals surface area contributed by atoms with Gasteiger partial charge in [-0.25, -0.2) is 4.39 Å². The van der Waals surface area contributed by atoms with Crippen LogP contribution in [0.25, 0.3) is 0 Å². The molecule has 0 aliphatic carbocycles. The number of hydrogen-bond donors (Lipinski definition) is 0. The van der Waals surface area contributed by atoms with Gasteiger partial charge in [-0.05, 0) is 62.4 Å². The number of para-hydroxylation sites is 1. The van der Waals surface area contributed by atoms with Crippen molar-refractivity contribution in [3.05, 3.63) is 65.0 Å². The number of esters is 1. The van der Waals surface area contributed by atoms with E-state index in [-0.39, 0.29) is 11.8 Å². The lowest BCUT2D eigenvalue weighted by Gasteiger charge is -2.47. The molecule has 0 aromatic heterocycles. The van der Waals surface area contributed by atoms with Gasteiger partial charge in [0, 0.05) is 51.7 Å². The fourth-order valence-electron chi connectivity index (χ4n) is 5.62. The molecule has 2 aliphatic heterocycles. The predicted octanol–water partition coefficient (Wildman–Crippen LogP) is 4.41. The summed E-state index contributed by atoms with van der Waals surface area (Å²) in [5.74, 6) is 0.138. The van der Waals surface area contributed by atoms with E-state index in [4.69, 9.17) is 4.74 Å². The van der Waals surface area contributed by atoms with Crippen molar-refractivity contribution in [1.82, 2.24) is 9.80 Å². The highest BCUT2D eigenvalue weighted by atomic mass is 19.1. The molecule has 0 radical (unpaired) electrons. The summed E-state index contributed by atoms with van der Waals surface area (Å²) in [5, 5.41) is 0. The number of hydrogen-bond acceptors (Lipinski definition) is 5. The van der Waals surface area contributed by atoms with E-state index < -0.39 is 0 Å². The van der Waals surface area contributed by atoms with Crippen LogP contribution < -0.4 is 4.90 Å². The standard InChI is InChI=1S/C28H38FN3O2/c1-21-8-9-22(2)24(18-21)20-30-13-12-26(23(19-30)10-11-28(33)34-3)31-14-16-32(17-15-31)27-7-5-4-6-25(27)29/h4-9,18,23,26H,10-17,19-20H2,1-3H3/t23-,26+/m1/s1. The quantitative estimate of drug-likeness (QED) is 0.564. The summed E-state index contributed by atoms with van der Waals surface area (Å²) >= 11 is 0. The molecular formula is C28H38FN3O2. The molecular weight excluding hydrogens is 429 g/mol. The number of methoxy groups -OCH3 is 1. The van der Waals surface area contributed by atoms with Crippen LogP contribution >= 0.6 is 0 Å². The number of anilines is 1. The number of halogens is 1. The number of piperidine rings is 1. The second kappa shape index (κ2) is 11.3. The van der Waals surface area contributed by atoms with Gasteiger partial charge in [0.1, 0.15) is 5.82 Å². The number of benzene rings is 2. The van der Waals surface area contributed by atoms with E-state index in [1.807, 2.05) is 12.1 Å². The maximum atomic E-state index is 14.3. The first kappa shape index (κ1) is 24.7. The van der Waals surface area contributed by atoms with Gasteiger partial charge < -0.3 is 9.64 Å². The highest BCUT2D eigenvalue weighted by molar-refractivity contribution is 5.69. The largest absolute Gasteiger partial charge is 0.469 e. The Bertz CT molecular complexity index is 974. The number of piperazine rings is 1. The van der Waals surface area contributed by atoms with Crippen molar-refractivity contribution < 1.29 is 13.9 Å². The lowest BCUT2D eigenvalue weighted by atomic mass is 9.86. The van der Waals surface area contributed by atoms with Gasteiger partial charge in [-0.2, -0.15) is 0 Å². The van der Waals surface area contributed by atoms with E-state index in [0.29, 0.717) is 24.1 Å². The highest BCUT2D eigenvalue weighted by Crippen LogP contribution is 2.30. The van der Waals surface area contributed by atoms with Crippen LogP contribution in [-0.2, 0) is 16.1 Å². The number of rotatable bonds is 7. The van der Waals surface area contributed by atoms with Crippen molar-refractivity contribution in [2.45, 2.75) is 45.7 Å². The Labute approximate surface area is 203 Å². The van der Waals surface area contributed by atoms with Gasteiger partial charge in [0.2, 0.25) is 0 Å². The zero-order valence-corrected chi connectivity index (χ0v) is 20.8. The van der Waals surface area contributed by atoms with E-state index >= 15 is 0 Å². The SMILES string of the molecule is COC(=O)CC[C@@H]1CN(Cc2cc(C)ccc2C)CC[C@@H]1N1CCN(c2ccccc2F)CC1. The molecule has 4 rings (SSSR count). The Morgan fingerprint density at radius 1 is 1.06 bits per heavy atom. The summed E-state index contributed by atoms with van der Waals surface area (Å²) in [6, 6.07) is 14.2. The molecule has 2 saturated heterocycles. The number of nitrogens with zero attached hydrogens (tertiary/aromatic N) is 3. The lowest BCUT2D eigenvalue weighted by Crippen LogP contribution is -2.56. The summed E-state index contributed by atoms with van der Waals surface area (Å²) in [6.45, 7) is 10.8. The fraction of sp³-hybridized carbons (Fsp3) is 0.536. The van der Waals surface area contributed by atoms with Gasteiger partial charge in [-0.1, -0.05) is 35.9 Å².